The normalized spacial score (nSPS) is 19.9. The van der Waals surface area contributed by atoms with Crippen LogP contribution in [0.5, 0.6) is 0 Å². The van der Waals surface area contributed by atoms with E-state index >= 15 is 0 Å². The zero-order valence-electron chi connectivity index (χ0n) is 19.7. The minimum atomic E-state index is -1.14. The number of fused-ring (bicyclic) bond motifs is 3. The van der Waals surface area contributed by atoms with E-state index in [9.17, 15) is 19.5 Å². The van der Waals surface area contributed by atoms with Gasteiger partial charge in [-0.3, -0.25) is 4.79 Å². The van der Waals surface area contributed by atoms with Crippen LogP contribution in [-0.4, -0.2) is 65.9 Å². The number of rotatable bonds is 8. The summed E-state index contributed by atoms with van der Waals surface area (Å²) in [4.78, 5) is 39.1. The van der Waals surface area contributed by atoms with E-state index in [1.807, 2.05) is 36.4 Å². The first-order chi connectivity index (χ1) is 16.9. The summed E-state index contributed by atoms with van der Waals surface area (Å²) in [5.41, 5.74) is 4.43. The summed E-state index contributed by atoms with van der Waals surface area (Å²) in [6, 6.07) is 14.0. The molecule has 0 aromatic heterocycles. The molecule has 1 fully saturated rings. The van der Waals surface area contributed by atoms with Crippen molar-refractivity contribution in [1.29, 1.82) is 0 Å². The van der Waals surface area contributed by atoms with Crippen LogP contribution in [-0.2, 0) is 19.1 Å². The topological polar surface area (TPSA) is 105 Å². The van der Waals surface area contributed by atoms with Crippen molar-refractivity contribution >= 4 is 18.0 Å². The molecule has 0 spiro atoms. The molecule has 2 amide bonds. The number of carboxylic acids is 1. The molecule has 35 heavy (non-hydrogen) atoms. The van der Waals surface area contributed by atoms with Gasteiger partial charge in [0.15, 0.2) is 6.04 Å². The van der Waals surface area contributed by atoms with Crippen molar-refractivity contribution in [2.24, 2.45) is 0 Å². The lowest BCUT2D eigenvalue weighted by Gasteiger charge is -2.38. The summed E-state index contributed by atoms with van der Waals surface area (Å²) < 4.78 is 11.0. The second-order valence-electron chi connectivity index (χ2n) is 8.78. The number of ether oxygens (including phenoxy) is 2. The number of carboxylic acid groups (broad SMARTS) is 1. The van der Waals surface area contributed by atoms with Gasteiger partial charge in [-0.2, -0.15) is 0 Å². The smallest absolute Gasteiger partial charge is 0.407 e. The van der Waals surface area contributed by atoms with Crippen LogP contribution in [0.1, 0.15) is 36.8 Å². The number of aliphatic carboxylic acids is 1. The summed E-state index contributed by atoms with van der Waals surface area (Å²) in [5, 5.41) is 12.3. The van der Waals surface area contributed by atoms with Gasteiger partial charge in [-0.1, -0.05) is 54.6 Å². The molecule has 2 aromatic rings. The van der Waals surface area contributed by atoms with Gasteiger partial charge in [-0.15, -0.1) is 6.58 Å². The number of benzene rings is 2. The summed E-state index contributed by atoms with van der Waals surface area (Å²) in [5.74, 6) is -1.72. The summed E-state index contributed by atoms with van der Waals surface area (Å²) in [6.07, 6.45) is 1.03. The number of morpholine rings is 1. The molecule has 2 aromatic carbocycles. The van der Waals surface area contributed by atoms with Crippen LogP contribution in [0.2, 0.25) is 0 Å². The highest BCUT2D eigenvalue weighted by Gasteiger charge is 2.40. The quantitative estimate of drug-likeness (QED) is 0.562. The molecule has 2 aliphatic rings. The molecule has 8 heteroatoms. The van der Waals surface area contributed by atoms with Crippen LogP contribution in [0, 0.1) is 0 Å². The zero-order chi connectivity index (χ0) is 24.9. The number of nitrogens with zero attached hydrogens (tertiary/aromatic N) is 1. The molecule has 1 heterocycles. The van der Waals surface area contributed by atoms with Gasteiger partial charge in [0, 0.05) is 12.5 Å². The minimum Gasteiger partial charge on any atom is -0.480 e. The van der Waals surface area contributed by atoms with Crippen molar-refractivity contribution in [3.63, 3.8) is 0 Å². The monoisotopic (exact) mass is 478 g/mol. The van der Waals surface area contributed by atoms with Crippen molar-refractivity contribution in [1.82, 2.24) is 10.2 Å². The number of carbonyl (C=O) groups excluding carboxylic acids is 2. The van der Waals surface area contributed by atoms with Crippen molar-refractivity contribution in [3.8, 4) is 11.1 Å². The van der Waals surface area contributed by atoms with Gasteiger partial charge in [0.1, 0.15) is 12.6 Å². The molecule has 184 valence electrons. The fourth-order valence-electron chi connectivity index (χ4n) is 4.93. The fraction of sp³-hybridized carbons (Fsp3) is 0.370. The minimum absolute atomic E-state index is 0.105. The van der Waals surface area contributed by atoms with E-state index in [1.165, 1.54) is 4.90 Å². The van der Waals surface area contributed by atoms with E-state index in [-0.39, 0.29) is 32.1 Å². The maximum atomic E-state index is 13.3. The largest absolute Gasteiger partial charge is 0.480 e. The van der Waals surface area contributed by atoms with Gasteiger partial charge in [-0.25, -0.2) is 9.59 Å². The Morgan fingerprint density at radius 2 is 1.80 bits per heavy atom. The number of nitrogens with one attached hydrogen (secondary N) is 1. The molecule has 0 saturated carbocycles. The van der Waals surface area contributed by atoms with E-state index in [1.54, 1.807) is 13.0 Å². The molecule has 8 nitrogen and oxygen atoms in total. The Balaban J connectivity index is 1.45. The third kappa shape index (κ3) is 5.07. The Morgan fingerprint density at radius 3 is 2.40 bits per heavy atom. The fourth-order valence-corrected chi connectivity index (χ4v) is 4.93. The van der Waals surface area contributed by atoms with Crippen LogP contribution >= 0.6 is 0 Å². The van der Waals surface area contributed by atoms with Gasteiger partial charge in [-0.05, 0) is 42.0 Å². The first kappa shape index (κ1) is 24.5. The molecular formula is C27H30N2O6. The zero-order valence-corrected chi connectivity index (χ0v) is 19.7. The number of hydrogen-bond donors (Lipinski definition) is 2. The second kappa shape index (κ2) is 10.7. The summed E-state index contributed by atoms with van der Waals surface area (Å²) in [6.45, 7) is 5.80. The molecular weight excluding hydrogens is 448 g/mol. The van der Waals surface area contributed by atoms with Crippen LogP contribution < -0.4 is 5.32 Å². The summed E-state index contributed by atoms with van der Waals surface area (Å²) in [7, 11) is 0. The first-order valence-electron chi connectivity index (χ1n) is 11.8. The number of alkyl carbamates (subject to hydrolysis) is 1. The van der Waals surface area contributed by atoms with E-state index in [2.05, 4.69) is 24.0 Å². The predicted molar refractivity (Wildman–Crippen MR) is 130 cm³/mol. The van der Waals surface area contributed by atoms with E-state index in [0.717, 1.165) is 22.3 Å². The molecule has 0 bridgehead atoms. The molecule has 0 radical (unpaired) electrons. The molecule has 3 unspecified atom stereocenters. The van der Waals surface area contributed by atoms with Gasteiger partial charge in [0.05, 0.1) is 12.7 Å². The lowest BCUT2D eigenvalue weighted by atomic mass is 9.98. The van der Waals surface area contributed by atoms with E-state index in [4.69, 9.17) is 9.47 Å². The Labute approximate surface area is 204 Å². The number of amides is 2. The maximum Gasteiger partial charge on any atom is 0.407 e. The van der Waals surface area contributed by atoms with Gasteiger partial charge < -0.3 is 24.8 Å². The standard InChI is InChI=1S/C27H30N2O6/c1-3-4-13-23(25(30)29-14-15-34-17(2)24(29)26(31)32)28-27(33)35-16-22-20-11-7-5-9-18(20)19-10-6-8-12-21(19)22/h3,5-12,17,22-24H,1,4,13-16H2,2H3,(H,28,33)(H,31,32). The van der Waals surface area contributed by atoms with Crippen LogP contribution in [0.25, 0.3) is 11.1 Å². The van der Waals surface area contributed by atoms with E-state index < -0.39 is 36.2 Å². The Morgan fingerprint density at radius 1 is 1.17 bits per heavy atom. The average molecular weight is 479 g/mol. The Bertz CT molecular complexity index is 1070. The molecule has 2 N–H and O–H groups in total. The second-order valence-corrected chi connectivity index (χ2v) is 8.78. The number of carbonyl (C=O) groups is 3. The van der Waals surface area contributed by atoms with Gasteiger partial charge in [0.2, 0.25) is 5.91 Å². The van der Waals surface area contributed by atoms with Crippen molar-refractivity contribution in [2.75, 3.05) is 19.8 Å². The molecule has 1 saturated heterocycles. The SMILES string of the molecule is C=CCCC(NC(=O)OCC1c2ccccc2-c2ccccc21)C(=O)N1CCOC(C)C1C(=O)O. The lowest BCUT2D eigenvalue weighted by Crippen LogP contribution is -2.60. The highest BCUT2D eigenvalue weighted by molar-refractivity contribution is 5.90. The van der Waals surface area contributed by atoms with Crippen LogP contribution in [0.4, 0.5) is 4.79 Å². The van der Waals surface area contributed by atoms with Crippen molar-refractivity contribution < 1.29 is 29.0 Å². The van der Waals surface area contributed by atoms with Crippen LogP contribution in [0.15, 0.2) is 61.2 Å². The van der Waals surface area contributed by atoms with Crippen LogP contribution in [0.3, 0.4) is 0 Å². The third-order valence-corrected chi connectivity index (χ3v) is 6.62. The van der Waals surface area contributed by atoms with Gasteiger partial charge >= 0.3 is 12.1 Å². The molecule has 1 aliphatic carbocycles. The Kier molecular flexibility index (Phi) is 7.51. The molecule has 1 aliphatic heterocycles. The molecule has 3 atom stereocenters. The number of hydrogen-bond acceptors (Lipinski definition) is 5. The van der Waals surface area contributed by atoms with Gasteiger partial charge in [0.25, 0.3) is 0 Å². The predicted octanol–water partition coefficient (Wildman–Crippen LogP) is 3.56. The highest BCUT2D eigenvalue weighted by Crippen LogP contribution is 2.44. The third-order valence-electron chi connectivity index (χ3n) is 6.62. The van der Waals surface area contributed by atoms with E-state index in [0.29, 0.717) is 6.42 Å². The maximum absolute atomic E-state index is 13.3. The Hall–Kier alpha value is -3.65. The average Bonchev–Trinajstić information content (AvgIpc) is 3.18. The lowest BCUT2D eigenvalue weighted by molar-refractivity contribution is -0.165. The van der Waals surface area contributed by atoms with Crippen molar-refractivity contribution in [3.05, 3.63) is 72.3 Å². The summed E-state index contributed by atoms with van der Waals surface area (Å²) >= 11 is 0. The molecule has 4 rings (SSSR count). The van der Waals surface area contributed by atoms with Crippen molar-refractivity contribution in [2.45, 2.75) is 43.9 Å². The highest BCUT2D eigenvalue weighted by atomic mass is 16.5. The number of allylic oxidation sites excluding steroid dienone is 1. The first-order valence-corrected chi connectivity index (χ1v) is 11.8.